The SMILES string of the molecule is Cc1ccc(NC(=O)OC(C)(C)C)cc1CC1(N)CC1. The van der Waals surface area contributed by atoms with Crippen LogP contribution in [0.25, 0.3) is 0 Å². The molecule has 0 spiro atoms. The van der Waals surface area contributed by atoms with E-state index in [0.717, 1.165) is 24.9 Å². The Bertz CT molecular complexity index is 514. The summed E-state index contributed by atoms with van der Waals surface area (Å²) in [4.78, 5) is 11.8. The number of aryl methyl sites for hydroxylation is 1. The van der Waals surface area contributed by atoms with Crippen molar-refractivity contribution < 1.29 is 9.53 Å². The molecule has 20 heavy (non-hydrogen) atoms. The molecule has 0 heterocycles. The van der Waals surface area contributed by atoms with E-state index >= 15 is 0 Å². The van der Waals surface area contributed by atoms with E-state index in [1.54, 1.807) is 0 Å². The number of carbonyl (C=O) groups is 1. The molecule has 0 unspecified atom stereocenters. The molecule has 0 radical (unpaired) electrons. The minimum atomic E-state index is -0.493. The summed E-state index contributed by atoms with van der Waals surface area (Å²) >= 11 is 0. The Kier molecular flexibility index (Phi) is 3.78. The molecule has 110 valence electrons. The second kappa shape index (κ2) is 5.09. The molecule has 1 aliphatic rings. The molecular formula is C16H24N2O2. The zero-order chi connectivity index (χ0) is 15.0. The van der Waals surface area contributed by atoms with Gasteiger partial charge < -0.3 is 10.5 Å². The molecule has 0 saturated heterocycles. The summed E-state index contributed by atoms with van der Waals surface area (Å²) in [5, 5.41) is 2.77. The summed E-state index contributed by atoms with van der Waals surface area (Å²) in [6.45, 7) is 7.60. The fraction of sp³-hybridized carbons (Fsp3) is 0.562. The maximum atomic E-state index is 11.8. The molecular weight excluding hydrogens is 252 g/mol. The maximum absolute atomic E-state index is 11.8. The first-order valence-electron chi connectivity index (χ1n) is 7.05. The van der Waals surface area contributed by atoms with Gasteiger partial charge in [-0.15, -0.1) is 0 Å². The van der Waals surface area contributed by atoms with Crippen LogP contribution >= 0.6 is 0 Å². The van der Waals surface area contributed by atoms with Gasteiger partial charge in [0, 0.05) is 11.2 Å². The molecule has 3 N–H and O–H groups in total. The van der Waals surface area contributed by atoms with Crippen molar-refractivity contribution in [3.63, 3.8) is 0 Å². The first-order chi connectivity index (χ1) is 9.17. The van der Waals surface area contributed by atoms with E-state index in [4.69, 9.17) is 10.5 Å². The van der Waals surface area contributed by atoms with Gasteiger partial charge in [-0.3, -0.25) is 5.32 Å². The molecule has 1 aliphatic carbocycles. The quantitative estimate of drug-likeness (QED) is 0.889. The largest absolute Gasteiger partial charge is 0.444 e. The smallest absolute Gasteiger partial charge is 0.412 e. The highest BCUT2D eigenvalue weighted by Gasteiger charge is 2.38. The number of nitrogens with two attached hydrogens (primary N) is 1. The lowest BCUT2D eigenvalue weighted by atomic mass is 9.99. The Morgan fingerprint density at radius 2 is 2.05 bits per heavy atom. The van der Waals surface area contributed by atoms with Crippen molar-refractivity contribution in [1.82, 2.24) is 0 Å². The molecule has 4 heteroatoms. The maximum Gasteiger partial charge on any atom is 0.412 e. The molecule has 1 saturated carbocycles. The van der Waals surface area contributed by atoms with Gasteiger partial charge in [0.15, 0.2) is 0 Å². The summed E-state index contributed by atoms with van der Waals surface area (Å²) in [7, 11) is 0. The first kappa shape index (κ1) is 14.9. The van der Waals surface area contributed by atoms with Crippen LogP contribution in [0.2, 0.25) is 0 Å². The Balaban J connectivity index is 2.05. The Morgan fingerprint density at radius 1 is 1.40 bits per heavy atom. The van der Waals surface area contributed by atoms with E-state index in [0.29, 0.717) is 0 Å². The minimum Gasteiger partial charge on any atom is -0.444 e. The summed E-state index contributed by atoms with van der Waals surface area (Å²) in [6, 6.07) is 5.89. The van der Waals surface area contributed by atoms with E-state index < -0.39 is 11.7 Å². The Labute approximate surface area is 120 Å². The number of hydrogen-bond donors (Lipinski definition) is 2. The van der Waals surface area contributed by atoms with Crippen LogP contribution in [0.5, 0.6) is 0 Å². The number of carbonyl (C=O) groups excluding carboxylic acids is 1. The fourth-order valence-corrected chi connectivity index (χ4v) is 2.08. The standard InChI is InChI=1S/C16H24N2O2/c1-11-5-6-13(18-14(19)20-15(2,3)4)9-12(11)10-16(17)7-8-16/h5-6,9H,7-8,10,17H2,1-4H3,(H,18,19). The van der Waals surface area contributed by atoms with Crippen LogP contribution in [-0.2, 0) is 11.2 Å². The molecule has 0 bridgehead atoms. The summed E-state index contributed by atoms with van der Waals surface area (Å²) < 4.78 is 5.25. The first-order valence-corrected chi connectivity index (χ1v) is 7.05. The summed E-state index contributed by atoms with van der Waals surface area (Å²) in [5.74, 6) is 0. The van der Waals surface area contributed by atoms with Gasteiger partial charge in [-0.05, 0) is 70.2 Å². The van der Waals surface area contributed by atoms with E-state index in [-0.39, 0.29) is 5.54 Å². The van der Waals surface area contributed by atoms with Gasteiger partial charge in [0.1, 0.15) is 5.60 Å². The number of ether oxygens (including phenoxy) is 1. The van der Waals surface area contributed by atoms with Gasteiger partial charge >= 0.3 is 6.09 Å². The predicted molar refractivity (Wildman–Crippen MR) is 80.9 cm³/mol. The van der Waals surface area contributed by atoms with Crippen molar-refractivity contribution in [1.29, 1.82) is 0 Å². The van der Waals surface area contributed by atoms with Gasteiger partial charge in [-0.25, -0.2) is 4.79 Å². The zero-order valence-electron chi connectivity index (χ0n) is 12.7. The van der Waals surface area contributed by atoms with Crippen molar-refractivity contribution in [2.75, 3.05) is 5.32 Å². The molecule has 4 nitrogen and oxygen atoms in total. The van der Waals surface area contributed by atoms with Crippen molar-refractivity contribution in [3.8, 4) is 0 Å². The third kappa shape index (κ3) is 4.23. The number of amides is 1. The highest BCUT2D eigenvalue weighted by molar-refractivity contribution is 5.85. The average molecular weight is 276 g/mol. The third-order valence-corrected chi connectivity index (χ3v) is 3.43. The molecule has 0 atom stereocenters. The molecule has 0 aromatic heterocycles. The molecule has 2 rings (SSSR count). The minimum absolute atomic E-state index is 0.0324. The van der Waals surface area contributed by atoms with Gasteiger partial charge in [-0.1, -0.05) is 6.07 Å². The zero-order valence-corrected chi connectivity index (χ0v) is 12.7. The number of benzene rings is 1. The lowest BCUT2D eigenvalue weighted by Gasteiger charge is -2.20. The van der Waals surface area contributed by atoms with Gasteiger partial charge in [0.25, 0.3) is 0 Å². The van der Waals surface area contributed by atoms with Crippen LogP contribution in [0.4, 0.5) is 10.5 Å². The Morgan fingerprint density at radius 3 is 2.60 bits per heavy atom. The molecule has 0 aliphatic heterocycles. The van der Waals surface area contributed by atoms with E-state index in [9.17, 15) is 4.79 Å². The predicted octanol–water partition coefficient (Wildman–Crippen LogP) is 3.38. The topological polar surface area (TPSA) is 64.3 Å². The van der Waals surface area contributed by atoms with Crippen LogP contribution < -0.4 is 11.1 Å². The number of nitrogens with one attached hydrogen (secondary N) is 1. The lowest BCUT2D eigenvalue weighted by molar-refractivity contribution is 0.0636. The highest BCUT2D eigenvalue weighted by atomic mass is 16.6. The van der Waals surface area contributed by atoms with Crippen LogP contribution in [0.1, 0.15) is 44.7 Å². The molecule has 1 fully saturated rings. The Hall–Kier alpha value is -1.55. The normalized spacial score (nSPS) is 16.6. The molecule has 1 amide bonds. The second-order valence-corrected chi connectivity index (χ2v) is 6.81. The van der Waals surface area contributed by atoms with Gasteiger partial charge in [0.05, 0.1) is 0 Å². The number of hydrogen-bond acceptors (Lipinski definition) is 3. The number of rotatable bonds is 3. The second-order valence-electron chi connectivity index (χ2n) is 6.81. The number of anilines is 1. The highest BCUT2D eigenvalue weighted by Crippen LogP contribution is 2.36. The molecule has 1 aromatic carbocycles. The van der Waals surface area contributed by atoms with Crippen molar-refractivity contribution in [3.05, 3.63) is 29.3 Å². The van der Waals surface area contributed by atoms with Crippen LogP contribution in [-0.4, -0.2) is 17.2 Å². The average Bonchev–Trinajstić information content (AvgIpc) is 2.98. The van der Waals surface area contributed by atoms with Gasteiger partial charge in [-0.2, -0.15) is 0 Å². The third-order valence-electron chi connectivity index (χ3n) is 3.43. The van der Waals surface area contributed by atoms with E-state index in [2.05, 4.69) is 12.2 Å². The van der Waals surface area contributed by atoms with E-state index in [1.165, 1.54) is 11.1 Å². The summed E-state index contributed by atoms with van der Waals surface area (Å²) in [5.41, 5.74) is 8.80. The fourth-order valence-electron chi connectivity index (χ4n) is 2.08. The lowest BCUT2D eigenvalue weighted by Crippen LogP contribution is -2.27. The van der Waals surface area contributed by atoms with Crippen molar-refractivity contribution >= 4 is 11.8 Å². The van der Waals surface area contributed by atoms with Crippen molar-refractivity contribution in [2.45, 2.75) is 58.1 Å². The van der Waals surface area contributed by atoms with Crippen molar-refractivity contribution in [2.24, 2.45) is 5.73 Å². The monoisotopic (exact) mass is 276 g/mol. The molecule has 1 aromatic rings. The van der Waals surface area contributed by atoms with Crippen LogP contribution in [0.15, 0.2) is 18.2 Å². The van der Waals surface area contributed by atoms with E-state index in [1.807, 2.05) is 39.0 Å². The van der Waals surface area contributed by atoms with Gasteiger partial charge in [0.2, 0.25) is 0 Å². The van der Waals surface area contributed by atoms with Crippen LogP contribution in [0, 0.1) is 6.92 Å². The summed E-state index contributed by atoms with van der Waals surface area (Å²) in [6.07, 6.45) is 2.59. The van der Waals surface area contributed by atoms with Crippen LogP contribution in [0.3, 0.4) is 0 Å².